The Morgan fingerprint density at radius 2 is 1.90 bits per heavy atom. The lowest BCUT2D eigenvalue weighted by Gasteiger charge is -2.04. The van der Waals surface area contributed by atoms with Crippen LogP contribution in [-0.2, 0) is 0 Å². The maximum absolute atomic E-state index is 11.9. The molecule has 0 radical (unpaired) electrons. The molecule has 0 saturated carbocycles. The highest BCUT2D eigenvalue weighted by Gasteiger charge is 2.01. The molecule has 1 N–H and O–H groups in total. The van der Waals surface area contributed by atoms with E-state index in [-0.39, 0.29) is 5.78 Å². The molecule has 102 valence electrons. The van der Waals surface area contributed by atoms with E-state index in [1.165, 1.54) is 6.08 Å². The molecule has 0 bridgehead atoms. The summed E-state index contributed by atoms with van der Waals surface area (Å²) in [7, 11) is 0. The van der Waals surface area contributed by atoms with Crippen molar-refractivity contribution in [1.82, 2.24) is 0 Å². The third-order valence-electron chi connectivity index (χ3n) is 2.72. The van der Waals surface area contributed by atoms with Crippen molar-refractivity contribution in [3.8, 4) is 0 Å². The van der Waals surface area contributed by atoms with Gasteiger partial charge in [0.15, 0.2) is 5.78 Å². The second kappa shape index (κ2) is 6.73. The van der Waals surface area contributed by atoms with E-state index in [1.807, 2.05) is 37.3 Å². The number of carbonyl (C=O) groups is 1. The van der Waals surface area contributed by atoms with Crippen molar-refractivity contribution < 1.29 is 4.79 Å². The van der Waals surface area contributed by atoms with Crippen LogP contribution in [0.25, 0.3) is 0 Å². The average Bonchev–Trinajstić information content (AvgIpc) is 2.43. The number of allylic oxidation sites excluding steroid dienone is 1. The Labute approximate surface area is 131 Å². The zero-order valence-corrected chi connectivity index (χ0v) is 13.2. The highest BCUT2D eigenvalue weighted by Crippen LogP contribution is 2.22. The van der Waals surface area contributed by atoms with Crippen LogP contribution in [0.2, 0.25) is 5.02 Å². The molecule has 0 aliphatic rings. The summed E-state index contributed by atoms with van der Waals surface area (Å²) in [6.07, 6.45) is 3.09. The standard InChI is InChI=1S/C16H13BrClNO/c1-11-2-7-14(18)15(10-11)19-9-8-16(20)12-3-5-13(17)6-4-12/h2-10,19H,1H3/b9-8+. The SMILES string of the molecule is Cc1ccc(Cl)c(N/C=C/C(=O)c2ccc(Br)cc2)c1. The predicted octanol–water partition coefficient (Wildman–Crippen LogP) is 5.22. The van der Waals surface area contributed by atoms with Crippen molar-refractivity contribution in [2.75, 3.05) is 5.32 Å². The fraction of sp³-hybridized carbons (Fsp3) is 0.0625. The first kappa shape index (κ1) is 14.8. The maximum atomic E-state index is 11.9. The summed E-state index contributed by atoms with van der Waals surface area (Å²) < 4.78 is 0.947. The Bertz CT molecular complexity index is 650. The second-order valence-corrected chi connectivity index (χ2v) is 5.65. The van der Waals surface area contributed by atoms with Gasteiger partial charge in [0.2, 0.25) is 0 Å². The van der Waals surface area contributed by atoms with Crippen LogP contribution in [0.3, 0.4) is 0 Å². The molecule has 0 saturated heterocycles. The van der Waals surface area contributed by atoms with E-state index in [9.17, 15) is 4.79 Å². The van der Waals surface area contributed by atoms with Gasteiger partial charge in [0, 0.05) is 22.3 Å². The van der Waals surface area contributed by atoms with Gasteiger partial charge in [0.1, 0.15) is 0 Å². The Balaban J connectivity index is 2.04. The molecule has 0 aliphatic carbocycles. The fourth-order valence-electron chi connectivity index (χ4n) is 1.67. The van der Waals surface area contributed by atoms with E-state index in [4.69, 9.17) is 11.6 Å². The minimum atomic E-state index is -0.0613. The topological polar surface area (TPSA) is 29.1 Å². The minimum Gasteiger partial charge on any atom is -0.360 e. The number of anilines is 1. The Kier molecular flexibility index (Phi) is 4.99. The van der Waals surface area contributed by atoms with Crippen LogP contribution in [0.4, 0.5) is 5.69 Å². The summed E-state index contributed by atoms with van der Waals surface area (Å²) in [5.41, 5.74) is 2.53. The van der Waals surface area contributed by atoms with Crippen LogP contribution in [-0.4, -0.2) is 5.78 Å². The van der Waals surface area contributed by atoms with Crippen LogP contribution in [0, 0.1) is 6.92 Å². The van der Waals surface area contributed by atoms with Gasteiger partial charge in [0.25, 0.3) is 0 Å². The number of carbonyl (C=O) groups excluding carboxylic acids is 1. The monoisotopic (exact) mass is 349 g/mol. The number of benzene rings is 2. The highest BCUT2D eigenvalue weighted by atomic mass is 79.9. The number of hydrogen-bond acceptors (Lipinski definition) is 2. The largest absolute Gasteiger partial charge is 0.360 e. The summed E-state index contributed by atoms with van der Waals surface area (Å²) >= 11 is 9.40. The summed E-state index contributed by atoms with van der Waals surface area (Å²) in [6.45, 7) is 1.98. The zero-order valence-electron chi connectivity index (χ0n) is 10.9. The second-order valence-electron chi connectivity index (χ2n) is 4.33. The van der Waals surface area contributed by atoms with Crippen LogP contribution in [0.5, 0.6) is 0 Å². The van der Waals surface area contributed by atoms with Crippen molar-refractivity contribution in [3.05, 3.63) is 75.4 Å². The molecule has 0 heterocycles. The molecule has 0 unspecified atom stereocenters. The molecule has 0 aromatic heterocycles. The lowest BCUT2D eigenvalue weighted by Crippen LogP contribution is -1.96. The number of nitrogens with one attached hydrogen (secondary N) is 1. The summed E-state index contributed by atoms with van der Waals surface area (Å²) in [4.78, 5) is 11.9. The van der Waals surface area contributed by atoms with E-state index in [0.717, 1.165) is 15.7 Å². The van der Waals surface area contributed by atoms with Crippen molar-refractivity contribution in [3.63, 3.8) is 0 Å². The van der Waals surface area contributed by atoms with Crippen molar-refractivity contribution in [2.45, 2.75) is 6.92 Å². The van der Waals surface area contributed by atoms with Crippen molar-refractivity contribution >= 4 is 39.0 Å². The molecule has 0 fully saturated rings. The van der Waals surface area contributed by atoms with Gasteiger partial charge in [-0.15, -0.1) is 0 Å². The van der Waals surface area contributed by atoms with Gasteiger partial charge >= 0.3 is 0 Å². The highest BCUT2D eigenvalue weighted by molar-refractivity contribution is 9.10. The number of hydrogen-bond donors (Lipinski definition) is 1. The van der Waals surface area contributed by atoms with Crippen LogP contribution in [0.1, 0.15) is 15.9 Å². The number of aryl methyl sites for hydroxylation is 1. The Morgan fingerprint density at radius 1 is 1.20 bits per heavy atom. The molecule has 4 heteroatoms. The molecular weight excluding hydrogens is 338 g/mol. The quantitative estimate of drug-likeness (QED) is 0.605. The molecule has 20 heavy (non-hydrogen) atoms. The zero-order chi connectivity index (χ0) is 14.5. The minimum absolute atomic E-state index is 0.0613. The summed E-state index contributed by atoms with van der Waals surface area (Å²) in [5, 5.41) is 3.64. The molecule has 2 rings (SSSR count). The van der Waals surface area contributed by atoms with Gasteiger partial charge in [-0.2, -0.15) is 0 Å². The fourth-order valence-corrected chi connectivity index (χ4v) is 2.10. The van der Waals surface area contributed by atoms with Gasteiger partial charge in [-0.1, -0.05) is 33.6 Å². The Hall–Kier alpha value is -1.58. The van der Waals surface area contributed by atoms with Crippen molar-refractivity contribution in [2.24, 2.45) is 0 Å². The lowest BCUT2D eigenvalue weighted by atomic mass is 10.1. The molecule has 0 spiro atoms. The predicted molar refractivity (Wildman–Crippen MR) is 87.4 cm³/mol. The molecule has 2 aromatic rings. The number of rotatable bonds is 4. The van der Waals surface area contributed by atoms with Gasteiger partial charge < -0.3 is 5.32 Å². The normalized spacial score (nSPS) is 10.8. The van der Waals surface area contributed by atoms with Crippen LogP contribution >= 0.6 is 27.5 Å². The summed E-state index contributed by atoms with van der Waals surface area (Å²) in [5.74, 6) is -0.0613. The molecule has 0 aliphatic heterocycles. The van der Waals surface area contributed by atoms with E-state index >= 15 is 0 Å². The Morgan fingerprint density at radius 3 is 2.60 bits per heavy atom. The molecule has 0 amide bonds. The molecular formula is C16H13BrClNO. The number of ketones is 1. The average molecular weight is 351 g/mol. The molecule has 2 aromatic carbocycles. The van der Waals surface area contributed by atoms with Gasteiger partial charge in [-0.05, 0) is 48.9 Å². The van der Waals surface area contributed by atoms with Crippen LogP contribution in [0.15, 0.2) is 59.2 Å². The van der Waals surface area contributed by atoms with E-state index in [2.05, 4.69) is 21.2 Å². The third kappa shape index (κ3) is 3.95. The van der Waals surface area contributed by atoms with Gasteiger partial charge in [-0.3, -0.25) is 4.79 Å². The maximum Gasteiger partial charge on any atom is 0.187 e. The molecule has 0 atom stereocenters. The first-order valence-electron chi connectivity index (χ1n) is 6.05. The number of halogens is 2. The van der Waals surface area contributed by atoms with Crippen molar-refractivity contribution in [1.29, 1.82) is 0 Å². The lowest BCUT2D eigenvalue weighted by molar-refractivity contribution is 0.104. The van der Waals surface area contributed by atoms with E-state index < -0.39 is 0 Å². The first-order chi connectivity index (χ1) is 9.56. The van der Waals surface area contributed by atoms with Gasteiger partial charge in [0.05, 0.1) is 10.7 Å². The van der Waals surface area contributed by atoms with Crippen LogP contribution < -0.4 is 5.32 Å². The smallest absolute Gasteiger partial charge is 0.187 e. The third-order valence-corrected chi connectivity index (χ3v) is 3.58. The van der Waals surface area contributed by atoms with E-state index in [1.54, 1.807) is 18.3 Å². The molecule has 2 nitrogen and oxygen atoms in total. The van der Waals surface area contributed by atoms with E-state index in [0.29, 0.717) is 10.6 Å². The van der Waals surface area contributed by atoms with Gasteiger partial charge in [-0.25, -0.2) is 0 Å². The summed E-state index contributed by atoms with van der Waals surface area (Å²) in [6, 6.07) is 12.9. The first-order valence-corrected chi connectivity index (χ1v) is 7.22.